The lowest BCUT2D eigenvalue weighted by molar-refractivity contribution is -0.143. The molecule has 0 spiro atoms. The number of hydrogen-bond donors (Lipinski definition) is 2. The van der Waals surface area contributed by atoms with Gasteiger partial charge in [-0.15, -0.1) is 0 Å². The third kappa shape index (κ3) is 4.99. The fourth-order valence-electron chi connectivity index (χ4n) is 3.33. The topological polar surface area (TPSA) is 111 Å². The molecule has 29 heavy (non-hydrogen) atoms. The fraction of sp³-hybridized carbons (Fsp3) is 0.273. The summed E-state index contributed by atoms with van der Waals surface area (Å²) < 4.78 is 0. The SMILES string of the molecule is N#CCc1cccc(C(=O)Nc2ccc(C(=O)N3CCC(C(=O)O)CC3)cc2)c1. The Kier molecular flexibility index (Phi) is 6.25. The molecule has 7 heteroatoms. The Bertz CT molecular complexity index is 955. The Balaban J connectivity index is 1.61. The summed E-state index contributed by atoms with van der Waals surface area (Å²) in [5.74, 6) is -1.63. The van der Waals surface area contributed by atoms with Crippen molar-refractivity contribution in [3.05, 3.63) is 65.2 Å². The molecule has 7 nitrogen and oxygen atoms in total. The van der Waals surface area contributed by atoms with E-state index in [1.165, 1.54) is 0 Å². The van der Waals surface area contributed by atoms with Crippen molar-refractivity contribution < 1.29 is 19.5 Å². The van der Waals surface area contributed by atoms with Crippen LogP contribution < -0.4 is 5.32 Å². The number of aliphatic carboxylic acids is 1. The number of carboxylic acids is 1. The second-order valence-corrected chi connectivity index (χ2v) is 6.97. The molecule has 1 aliphatic rings. The smallest absolute Gasteiger partial charge is 0.306 e. The van der Waals surface area contributed by atoms with Crippen LogP contribution in [0.15, 0.2) is 48.5 Å². The summed E-state index contributed by atoms with van der Waals surface area (Å²) in [7, 11) is 0. The molecule has 0 atom stereocenters. The minimum atomic E-state index is -0.810. The van der Waals surface area contributed by atoms with Crippen LogP contribution in [-0.2, 0) is 11.2 Å². The zero-order chi connectivity index (χ0) is 20.8. The minimum Gasteiger partial charge on any atom is -0.481 e. The number of carboxylic acid groups (broad SMARTS) is 1. The summed E-state index contributed by atoms with van der Waals surface area (Å²) in [5.41, 5.74) is 2.28. The van der Waals surface area contributed by atoms with Crippen LogP contribution in [0.3, 0.4) is 0 Å². The highest BCUT2D eigenvalue weighted by atomic mass is 16.4. The first kappa shape index (κ1) is 20.1. The van der Waals surface area contributed by atoms with Crippen molar-refractivity contribution >= 4 is 23.5 Å². The summed E-state index contributed by atoms with van der Waals surface area (Å²) >= 11 is 0. The quantitative estimate of drug-likeness (QED) is 0.814. The molecular formula is C22H21N3O4. The molecule has 0 radical (unpaired) electrons. The first-order valence-electron chi connectivity index (χ1n) is 9.37. The third-order valence-corrected chi connectivity index (χ3v) is 4.99. The van der Waals surface area contributed by atoms with Crippen LogP contribution in [0.1, 0.15) is 39.1 Å². The Labute approximate surface area is 168 Å². The van der Waals surface area contributed by atoms with Crippen LogP contribution in [0.25, 0.3) is 0 Å². The summed E-state index contributed by atoms with van der Waals surface area (Å²) in [4.78, 5) is 37.7. The van der Waals surface area contributed by atoms with E-state index in [1.54, 1.807) is 53.4 Å². The van der Waals surface area contributed by atoms with Crippen LogP contribution in [0.2, 0.25) is 0 Å². The molecule has 1 heterocycles. The second-order valence-electron chi connectivity index (χ2n) is 6.97. The molecule has 3 rings (SSSR count). The molecule has 0 bridgehead atoms. The van der Waals surface area contributed by atoms with Gasteiger partial charge in [0.1, 0.15) is 0 Å². The van der Waals surface area contributed by atoms with Crippen LogP contribution in [0, 0.1) is 17.2 Å². The van der Waals surface area contributed by atoms with Crippen molar-refractivity contribution in [2.45, 2.75) is 19.3 Å². The van der Waals surface area contributed by atoms with Gasteiger partial charge in [0.25, 0.3) is 11.8 Å². The molecule has 1 saturated heterocycles. The number of nitrogens with zero attached hydrogens (tertiary/aromatic N) is 2. The van der Waals surface area contributed by atoms with Gasteiger partial charge in [-0.3, -0.25) is 14.4 Å². The Morgan fingerprint density at radius 1 is 1.07 bits per heavy atom. The summed E-state index contributed by atoms with van der Waals surface area (Å²) in [6, 6.07) is 15.5. The maximum atomic E-state index is 12.6. The van der Waals surface area contributed by atoms with Gasteiger partial charge in [0.15, 0.2) is 0 Å². The van der Waals surface area contributed by atoms with E-state index in [4.69, 9.17) is 10.4 Å². The van der Waals surface area contributed by atoms with E-state index in [-0.39, 0.29) is 24.2 Å². The summed E-state index contributed by atoms with van der Waals surface area (Å²) in [5, 5.41) is 20.6. The molecule has 2 N–H and O–H groups in total. The van der Waals surface area contributed by atoms with Gasteiger partial charge in [0, 0.05) is 29.9 Å². The van der Waals surface area contributed by atoms with E-state index in [2.05, 4.69) is 11.4 Å². The monoisotopic (exact) mass is 391 g/mol. The standard InChI is InChI=1S/C22H21N3O4/c23-11-8-15-2-1-3-18(14-15)20(26)24-19-6-4-16(5-7-19)21(27)25-12-9-17(10-13-25)22(28)29/h1-7,14,17H,8-10,12-13H2,(H,24,26)(H,28,29). The van der Waals surface area contributed by atoms with Crippen molar-refractivity contribution in [2.75, 3.05) is 18.4 Å². The number of carbonyl (C=O) groups excluding carboxylic acids is 2. The van der Waals surface area contributed by atoms with Crippen molar-refractivity contribution in [3.8, 4) is 6.07 Å². The number of piperidine rings is 1. The van der Waals surface area contributed by atoms with Crippen LogP contribution in [0.5, 0.6) is 0 Å². The number of amides is 2. The van der Waals surface area contributed by atoms with Crippen molar-refractivity contribution in [1.82, 2.24) is 4.90 Å². The first-order valence-corrected chi connectivity index (χ1v) is 9.37. The van der Waals surface area contributed by atoms with E-state index in [0.29, 0.717) is 42.7 Å². The lowest BCUT2D eigenvalue weighted by Crippen LogP contribution is -2.40. The van der Waals surface area contributed by atoms with E-state index in [9.17, 15) is 14.4 Å². The number of rotatable bonds is 5. The first-order chi connectivity index (χ1) is 14.0. The maximum absolute atomic E-state index is 12.6. The molecule has 0 saturated carbocycles. The number of benzene rings is 2. The number of nitriles is 1. The van der Waals surface area contributed by atoms with Gasteiger partial charge in [0.2, 0.25) is 0 Å². The normalized spacial score (nSPS) is 14.1. The lowest BCUT2D eigenvalue weighted by Gasteiger charge is -2.30. The predicted octanol–water partition coefficient (Wildman–Crippen LogP) is 2.94. The van der Waals surface area contributed by atoms with E-state index in [1.807, 2.05) is 0 Å². The van der Waals surface area contributed by atoms with Gasteiger partial charge < -0.3 is 15.3 Å². The average Bonchev–Trinajstić information content (AvgIpc) is 2.74. The Morgan fingerprint density at radius 3 is 2.38 bits per heavy atom. The summed E-state index contributed by atoms with van der Waals surface area (Å²) in [6.07, 6.45) is 1.15. The van der Waals surface area contributed by atoms with Gasteiger partial charge in [-0.2, -0.15) is 5.26 Å². The summed E-state index contributed by atoms with van der Waals surface area (Å²) in [6.45, 7) is 0.848. The van der Waals surface area contributed by atoms with Gasteiger partial charge in [-0.05, 0) is 54.8 Å². The van der Waals surface area contributed by atoms with Gasteiger partial charge in [-0.1, -0.05) is 12.1 Å². The molecule has 0 unspecified atom stereocenters. The molecule has 2 aromatic carbocycles. The lowest BCUT2D eigenvalue weighted by atomic mass is 9.96. The number of nitrogens with one attached hydrogen (secondary N) is 1. The van der Waals surface area contributed by atoms with E-state index in [0.717, 1.165) is 5.56 Å². The predicted molar refractivity (Wildman–Crippen MR) is 106 cm³/mol. The van der Waals surface area contributed by atoms with Gasteiger partial charge in [-0.25, -0.2) is 0 Å². The molecule has 148 valence electrons. The Morgan fingerprint density at radius 2 is 1.76 bits per heavy atom. The number of likely N-dealkylation sites (tertiary alicyclic amines) is 1. The van der Waals surface area contributed by atoms with Gasteiger partial charge in [0.05, 0.1) is 18.4 Å². The third-order valence-electron chi connectivity index (χ3n) is 4.99. The molecule has 2 aromatic rings. The Hall–Kier alpha value is -3.66. The zero-order valence-corrected chi connectivity index (χ0v) is 15.8. The van der Waals surface area contributed by atoms with E-state index >= 15 is 0 Å². The largest absolute Gasteiger partial charge is 0.481 e. The van der Waals surface area contributed by atoms with E-state index < -0.39 is 5.97 Å². The molecule has 1 aliphatic heterocycles. The van der Waals surface area contributed by atoms with Gasteiger partial charge >= 0.3 is 5.97 Å². The number of hydrogen-bond acceptors (Lipinski definition) is 4. The fourth-order valence-corrected chi connectivity index (χ4v) is 3.33. The number of carbonyl (C=O) groups is 3. The molecule has 2 amide bonds. The van der Waals surface area contributed by atoms with Crippen molar-refractivity contribution in [3.63, 3.8) is 0 Å². The van der Waals surface area contributed by atoms with Crippen LogP contribution in [0.4, 0.5) is 5.69 Å². The highest BCUT2D eigenvalue weighted by Gasteiger charge is 2.27. The van der Waals surface area contributed by atoms with Crippen LogP contribution >= 0.6 is 0 Å². The molecular weight excluding hydrogens is 370 g/mol. The molecule has 0 aromatic heterocycles. The second kappa shape index (κ2) is 9.02. The maximum Gasteiger partial charge on any atom is 0.306 e. The molecule has 0 aliphatic carbocycles. The zero-order valence-electron chi connectivity index (χ0n) is 15.8. The van der Waals surface area contributed by atoms with Crippen LogP contribution in [-0.4, -0.2) is 40.9 Å². The highest BCUT2D eigenvalue weighted by molar-refractivity contribution is 6.04. The average molecular weight is 391 g/mol. The molecule has 1 fully saturated rings. The minimum absolute atomic E-state index is 0.143. The van der Waals surface area contributed by atoms with Crippen molar-refractivity contribution in [2.24, 2.45) is 5.92 Å². The van der Waals surface area contributed by atoms with Crippen molar-refractivity contribution in [1.29, 1.82) is 5.26 Å². The highest BCUT2D eigenvalue weighted by Crippen LogP contribution is 2.20. The number of anilines is 1.